The van der Waals surface area contributed by atoms with Crippen LogP contribution in [-0.2, 0) is 14.8 Å². The molecule has 3 heterocycles. The van der Waals surface area contributed by atoms with Crippen molar-refractivity contribution in [3.8, 4) is 0 Å². The molecular weight excluding hydrogens is 400 g/mol. The first-order valence-corrected chi connectivity index (χ1v) is 12.3. The lowest BCUT2D eigenvalue weighted by molar-refractivity contribution is -0.127. The van der Waals surface area contributed by atoms with Gasteiger partial charge < -0.3 is 5.32 Å². The van der Waals surface area contributed by atoms with Crippen molar-refractivity contribution in [2.45, 2.75) is 43.9 Å². The van der Waals surface area contributed by atoms with Crippen molar-refractivity contribution in [3.05, 3.63) is 39.9 Å². The van der Waals surface area contributed by atoms with Gasteiger partial charge in [-0.15, -0.1) is 22.7 Å². The van der Waals surface area contributed by atoms with E-state index < -0.39 is 10.0 Å². The third-order valence-electron chi connectivity index (χ3n) is 4.82. The Balaban J connectivity index is 1.73. The van der Waals surface area contributed by atoms with Gasteiger partial charge in [-0.1, -0.05) is 32.9 Å². The molecule has 0 aliphatic carbocycles. The van der Waals surface area contributed by atoms with E-state index in [0.29, 0.717) is 23.6 Å². The maximum Gasteiger partial charge on any atom is 0.252 e. The first-order chi connectivity index (χ1) is 12.7. The topological polar surface area (TPSA) is 66.5 Å². The highest BCUT2D eigenvalue weighted by Gasteiger charge is 2.36. The molecule has 2 aromatic heterocycles. The molecule has 0 radical (unpaired) electrons. The summed E-state index contributed by atoms with van der Waals surface area (Å²) in [6.45, 7) is 7.02. The van der Waals surface area contributed by atoms with E-state index in [9.17, 15) is 13.2 Å². The van der Waals surface area contributed by atoms with Gasteiger partial charge in [0.15, 0.2) is 0 Å². The molecule has 3 rings (SSSR count). The van der Waals surface area contributed by atoms with Crippen molar-refractivity contribution >= 4 is 38.6 Å². The first-order valence-electron chi connectivity index (χ1n) is 9.07. The van der Waals surface area contributed by atoms with E-state index in [4.69, 9.17) is 0 Å². The zero-order valence-electron chi connectivity index (χ0n) is 15.8. The van der Waals surface area contributed by atoms with Crippen LogP contribution in [0.1, 0.15) is 44.5 Å². The molecule has 2 aromatic rings. The molecule has 0 bridgehead atoms. The molecule has 1 fully saturated rings. The number of carbonyl (C=O) groups excluding carboxylic acids is 1. The van der Waals surface area contributed by atoms with Crippen LogP contribution in [0.3, 0.4) is 0 Å². The molecule has 1 N–H and O–H groups in total. The van der Waals surface area contributed by atoms with Crippen LogP contribution >= 0.6 is 22.7 Å². The van der Waals surface area contributed by atoms with Gasteiger partial charge in [0.25, 0.3) is 10.0 Å². The Morgan fingerprint density at radius 3 is 2.52 bits per heavy atom. The summed E-state index contributed by atoms with van der Waals surface area (Å²) in [5.41, 5.74) is -0.127. The molecule has 0 spiro atoms. The van der Waals surface area contributed by atoms with Gasteiger partial charge in [0.1, 0.15) is 4.21 Å². The predicted molar refractivity (Wildman–Crippen MR) is 110 cm³/mol. The van der Waals surface area contributed by atoms with Crippen LogP contribution in [0.25, 0.3) is 0 Å². The average molecular weight is 427 g/mol. The summed E-state index contributed by atoms with van der Waals surface area (Å²) in [6.07, 6.45) is 1.41. The molecule has 1 aliphatic rings. The van der Waals surface area contributed by atoms with Crippen LogP contribution in [-0.4, -0.2) is 31.7 Å². The molecular formula is C19H26N2O3S3. The molecule has 2 unspecified atom stereocenters. The van der Waals surface area contributed by atoms with Gasteiger partial charge in [0, 0.05) is 18.0 Å². The first kappa shape index (κ1) is 20.5. The van der Waals surface area contributed by atoms with E-state index in [1.165, 1.54) is 15.6 Å². The normalized spacial score (nSPS) is 20.3. The van der Waals surface area contributed by atoms with E-state index in [1.54, 1.807) is 28.8 Å². The summed E-state index contributed by atoms with van der Waals surface area (Å²) in [5.74, 6) is -0.382. The van der Waals surface area contributed by atoms with E-state index >= 15 is 0 Å². The highest BCUT2D eigenvalue weighted by Crippen LogP contribution is 2.36. The summed E-state index contributed by atoms with van der Waals surface area (Å²) < 4.78 is 27.4. The number of hydrogen-bond donors (Lipinski definition) is 1. The number of rotatable bonds is 5. The van der Waals surface area contributed by atoms with Crippen molar-refractivity contribution in [1.82, 2.24) is 9.62 Å². The summed E-state index contributed by atoms with van der Waals surface area (Å²) >= 11 is 2.85. The summed E-state index contributed by atoms with van der Waals surface area (Å²) in [5, 5.41) is 6.96. The SMILES string of the molecule is CC(C)(C)C(NC(=O)C1CCCN(S(=O)(=O)c2cccs2)C1)c1cccs1. The molecule has 148 valence electrons. The largest absolute Gasteiger partial charge is 0.348 e. The van der Waals surface area contributed by atoms with E-state index in [-0.39, 0.29) is 29.8 Å². The van der Waals surface area contributed by atoms with Crippen molar-refractivity contribution in [2.75, 3.05) is 13.1 Å². The minimum Gasteiger partial charge on any atom is -0.348 e. The maximum atomic E-state index is 13.0. The van der Waals surface area contributed by atoms with E-state index in [0.717, 1.165) is 4.88 Å². The van der Waals surface area contributed by atoms with Gasteiger partial charge in [-0.25, -0.2) is 8.42 Å². The number of piperidine rings is 1. The van der Waals surface area contributed by atoms with Gasteiger partial charge in [0.2, 0.25) is 5.91 Å². The lowest BCUT2D eigenvalue weighted by atomic mass is 9.85. The second-order valence-electron chi connectivity index (χ2n) is 7.96. The van der Waals surface area contributed by atoms with Crippen LogP contribution < -0.4 is 5.32 Å². The van der Waals surface area contributed by atoms with Crippen molar-refractivity contribution in [2.24, 2.45) is 11.3 Å². The molecule has 2 atom stereocenters. The monoisotopic (exact) mass is 426 g/mol. The van der Waals surface area contributed by atoms with Gasteiger partial charge in [-0.05, 0) is 41.1 Å². The van der Waals surface area contributed by atoms with Crippen LogP contribution in [0.5, 0.6) is 0 Å². The number of carbonyl (C=O) groups is 1. The predicted octanol–water partition coefficient (Wildman–Crippen LogP) is 4.11. The highest BCUT2D eigenvalue weighted by atomic mass is 32.2. The van der Waals surface area contributed by atoms with Crippen LogP contribution in [0.4, 0.5) is 0 Å². The van der Waals surface area contributed by atoms with Crippen LogP contribution in [0, 0.1) is 11.3 Å². The highest BCUT2D eigenvalue weighted by molar-refractivity contribution is 7.91. The number of amides is 1. The fourth-order valence-electron chi connectivity index (χ4n) is 3.34. The summed E-state index contributed by atoms with van der Waals surface area (Å²) in [4.78, 5) is 14.1. The molecule has 1 saturated heterocycles. The summed E-state index contributed by atoms with van der Waals surface area (Å²) in [6, 6.07) is 7.29. The Hall–Kier alpha value is -1.22. The van der Waals surface area contributed by atoms with Crippen molar-refractivity contribution in [3.63, 3.8) is 0 Å². The number of hydrogen-bond acceptors (Lipinski definition) is 5. The second-order valence-corrected chi connectivity index (χ2v) is 12.0. The number of sulfonamides is 1. The van der Waals surface area contributed by atoms with Gasteiger partial charge in [-0.3, -0.25) is 4.79 Å². The Kier molecular flexibility index (Phi) is 6.10. The number of nitrogens with zero attached hydrogens (tertiary/aromatic N) is 1. The Morgan fingerprint density at radius 1 is 1.22 bits per heavy atom. The second kappa shape index (κ2) is 8.03. The fourth-order valence-corrected chi connectivity index (χ4v) is 7.03. The maximum absolute atomic E-state index is 13.0. The van der Waals surface area contributed by atoms with E-state index in [1.807, 2.05) is 17.5 Å². The minimum absolute atomic E-state index is 0.0607. The molecule has 27 heavy (non-hydrogen) atoms. The summed E-state index contributed by atoms with van der Waals surface area (Å²) in [7, 11) is -3.51. The zero-order chi connectivity index (χ0) is 19.7. The number of nitrogens with one attached hydrogen (secondary N) is 1. The quantitative estimate of drug-likeness (QED) is 0.782. The molecule has 0 aromatic carbocycles. The van der Waals surface area contributed by atoms with Crippen LogP contribution in [0.2, 0.25) is 0 Å². The smallest absolute Gasteiger partial charge is 0.252 e. The molecule has 0 saturated carbocycles. The van der Waals surface area contributed by atoms with Gasteiger partial charge in [-0.2, -0.15) is 4.31 Å². The average Bonchev–Trinajstić information content (AvgIpc) is 3.32. The Bertz CT molecular complexity index is 853. The fraction of sp³-hybridized carbons (Fsp3) is 0.526. The van der Waals surface area contributed by atoms with Crippen molar-refractivity contribution in [1.29, 1.82) is 0 Å². The van der Waals surface area contributed by atoms with Crippen molar-refractivity contribution < 1.29 is 13.2 Å². The lowest BCUT2D eigenvalue weighted by Crippen LogP contribution is -2.47. The lowest BCUT2D eigenvalue weighted by Gasteiger charge is -2.35. The van der Waals surface area contributed by atoms with E-state index in [2.05, 4.69) is 26.1 Å². The van der Waals surface area contributed by atoms with Gasteiger partial charge >= 0.3 is 0 Å². The van der Waals surface area contributed by atoms with Gasteiger partial charge in [0.05, 0.1) is 12.0 Å². The number of thiophene rings is 2. The molecule has 5 nitrogen and oxygen atoms in total. The standard InChI is InChI=1S/C19H26N2O3S3/c1-19(2,3)17(15-8-5-11-25-15)20-18(22)14-7-4-10-21(13-14)27(23,24)16-9-6-12-26-16/h5-6,8-9,11-12,14,17H,4,7,10,13H2,1-3H3,(H,20,22). The third-order valence-corrected chi connectivity index (χ3v) is 9.00. The van der Waals surface area contributed by atoms with Crippen LogP contribution in [0.15, 0.2) is 39.2 Å². The third kappa shape index (κ3) is 4.62. The molecule has 8 heteroatoms. The minimum atomic E-state index is -3.51. The molecule has 1 amide bonds. The Labute approximate surface area is 169 Å². The Morgan fingerprint density at radius 2 is 1.93 bits per heavy atom. The zero-order valence-corrected chi connectivity index (χ0v) is 18.3. The molecule has 1 aliphatic heterocycles.